The van der Waals surface area contributed by atoms with Crippen LogP contribution in [-0.4, -0.2) is 50.7 Å². The van der Waals surface area contributed by atoms with Gasteiger partial charge >= 0.3 is 0 Å². The first-order valence-electron chi connectivity index (χ1n) is 9.49. The van der Waals surface area contributed by atoms with Crippen molar-refractivity contribution >= 4 is 28.4 Å². The Morgan fingerprint density at radius 3 is 2.50 bits per heavy atom. The number of aromatic nitrogens is 4. The van der Waals surface area contributed by atoms with Crippen LogP contribution in [0, 0.1) is 0 Å². The summed E-state index contributed by atoms with van der Waals surface area (Å²) in [6, 6.07) is 14.9. The van der Waals surface area contributed by atoms with Crippen molar-refractivity contribution in [3.63, 3.8) is 0 Å². The minimum absolute atomic E-state index is 0.110. The molecule has 0 fully saturated rings. The van der Waals surface area contributed by atoms with Crippen molar-refractivity contribution in [3.05, 3.63) is 72.2 Å². The van der Waals surface area contributed by atoms with E-state index in [2.05, 4.69) is 25.7 Å². The third-order valence-electron chi connectivity index (χ3n) is 4.91. The van der Waals surface area contributed by atoms with Crippen LogP contribution < -0.4 is 5.32 Å². The van der Waals surface area contributed by atoms with Crippen molar-refractivity contribution in [2.75, 3.05) is 18.9 Å². The molecule has 0 aliphatic rings. The minimum atomic E-state index is -0.245. The number of rotatable bonds is 5. The summed E-state index contributed by atoms with van der Waals surface area (Å²) in [5.74, 6) is -0.355. The van der Waals surface area contributed by atoms with E-state index in [9.17, 15) is 9.59 Å². The number of H-pyrrole nitrogens is 1. The third-order valence-corrected chi connectivity index (χ3v) is 4.91. The molecular weight excluding hydrogens is 380 g/mol. The van der Waals surface area contributed by atoms with Gasteiger partial charge in [0.2, 0.25) is 0 Å². The Kier molecular flexibility index (Phi) is 5.21. The van der Waals surface area contributed by atoms with Crippen LogP contribution in [0.15, 0.2) is 60.9 Å². The van der Waals surface area contributed by atoms with Crippen LogP contribution in [0.2, 0.25) is 0 Å². The molecule has 0 aliphatic carbocycles. The number of anilines is 1. The van der Waals surface area contributed by atoms with Crippen molar-refractivity contribution in [2.45, 2.75) is 6.92 Å². The number of hydrogen-bond acceptors (Lipinski definition) is 5. The maximum Gasteiger partial charge on any atom is 0.274 e. The van der Waals surface area contributed by atoms with Crippen molar-refractivity contribution < 1.29 is 9.59 Å². The second kappa shape index (κ2) is 8.12. The molecule has 2 aromatic heterocycles. The SMILES string of the molecule is CCN(C)C(=O)c1n[nH]c2cc(-c3ccc(NC(=O)c4ccnnc4)cc3)ccc12. The summed E-state index contributed by atoms with van der Waals surface area (Å²) in [5, 5.41) is 18.2. The van der Waals surface area contributed by atoms with E-state index >= 15 is 0 Å². The highest BCUT2D eigenvalue weighted by molar-refractivity contribution is 6.05. The normalized spacial score (nSPS) is 10.7. The van der Waals surface area contributed by atoms with Gasteiger partial charge in [-0.05, 0) is 48.4 Å². The van der Waals surface area contributed by atoms with Gasteiger partial charge in [-0.3, -0.25) is 14.7 Å². The molecule has 0 atom stereocenters. The van der Waals surface area contributed by atoms with Gasteiger partial charge in [0.15, 0.2) is 5.69 Å². The van der Waals surface area contributed by atoms with Crippen molar-refractivity contribution in [1.82, 2.24) is 25.3 Å². The Balaban J connectivity index is 1.54. The molecule has 4 aromatic rings. The molecule has 0 bridgehead atoms. The Labute approximate surface area is 172 Å². The molecule has 0 saturated carbocycles. The quantitative estimate of drug-likeness (QED) is 0.535. The fraction of sp³-hybridized carbons (Fsp3) is 0.136. The molecule has 30 heavy (non-hydrogen) atoms. The minimum Gasteiger partial charge on any atom is -0.341 e. The lowest BCUT2D eigenvalue weighted by molar-refractivity contribution is 0.0798. The smallest absolute Gasteiger partial charge is 0.274 e. The Hall–Kier alpha value is -4.07. The number of carbonyl (C=O) groups is 2. The molecule has 8 nitrogen and oxygen atoms in total. The molecule has 2 aromatic carbocycles. The maximum absolute atomic E-state index is 12.4. The number of amides is 2. The molecule has 150 valence electrons. The third kappa shape index (κ3) is 3.75. The van der Waals surface area contributed by atoms with Gasteiger partial charge in [-0.2, -0.15) is 15.3 Å². The van der Waals surface area contributed by atoms with Crippen LogP contribution in [-0.2, 0) is 0 Å². The lowest BCUT2D eigenvalue weighted by Gasteiger charge is -2.12. The first-order chi connectivity index (χ1) is 14.6. The monoisotopic (exact) mass is 400 g/mol. The zero-order valence-electron chi connectivity index (χ0n) is 16.6. The zero-order chi connectivity index (χ0) is 21.1. The summed E-state index contributed by atoms with van der Waals surface area (Å²) >= 11 is 0. The van der Waals surface area contributed by atoms with E-state index in [4.69, 9.17) is 0 Å². The molecule has 0 aliphatic heterocycles. The lowest BCUT2D eigenvalue weighted by Crippen LogP contribution is -2.26. The predicted octanol–water partition coefficient (Wildman–Crippen LogP) is 3.36. The van der Waals surface area contributed by atoms with Gasteiger partial charge in [0, 0.05) is 24.7 Å². The maximum atomic E-state index is 12.4. The standard InChI is InChI=1S/C22H20N6O2/c1-3-28(2)22(30)20-18-9-6-15(12-19(18)26-27-20)14-4-7-17(8-5-14)25-21(29)16-10-11-23-24-13-16/h4-13H,3H2,1-2H3,(H,25,29)(H,26,27). The highest BCUT2D eigenvalue weighted by Gasteiger charge is 2.17. The number of fused-ring (bicyclic) bond motifs is 1. The average molecular weight is 400 g/mol. The van der Waals surface area contributed by atoms with E-state index in [1.807, 2.05) is 49.4 Å². The molecule has 2 heterocycles. The van der Waals surface area contributed by atoms with E-state index in [0.717, 1.165) is 22.0 Å². The second-order valence-electron chi connectivity index (χ2n) is 6.81. The highest BCUT2D eigenvalue weighted by Crippen LogP contribution is 2.26. The number of nitrogens with one attached hydrogen (secondary N) is 2. The summed E-state index contributed by atoms with van der Waals surface area (Å²) in [7, 11) is 1.75. The molecular formula is C22H20N6O2. The van der Waals surface area contributed by atoms with Crippen molar-refractivity contribution in [3.8, 4) is 11.1 Å². The highest BCUT2D eigenvalue weighted by atomic mass is 16.2. The molecule has 0 saturated heterocycles. The fourth-order valence-electron chi connectivity index (χ4n) is 3.06. The number of nitrogens with zero attached hydrogens (tertiary/aromatic N) is 4. The molecule has 2 amide bonds. The Morgan fingerprint density at radius 1 is 1.03 bits per heavy atom. The molecule has 8 heteroatoms. The van der Waals surface area contributed by atoms with Gasteiger partial charge in [-0.25, -0.2) is 0 Å². The average Bonchev–Trinajstić information content (AvgIpc) is 3.22. The van der Waals surface area contributed by atoms with Gasteiger partial charge < -0.3 is 10.2 Å². The van der Waals surface area contributed by atoms with Crippen LogP contribution in [0.1, 0.15) is 27.8 Å². The van der Waals surface area contributed by atoms with E-state index in [0.29, 0.717) is 23.5 Å². The summed E-state index contributed by atoms with van der Waals surface area (Å²) in [6.07, 6.45) is 2.89. The van der Waals surface area contributed by atoms with E-state index in [1.54, 1.807) is 18.0 Å². The van der Waals surface area contributed by atoms with E-state index in [-0.39, 0.29) is 11.8 Å². The number of hydrogen-bond donors (Lipinski definition) is 2. The molecule has 0 unspecified atom stereocenters. The van der Waals surface area contributed by atoms with Crippen LogP contribution in [0.4, 0.5) is 5.69 Å². The summed E-state index contributed by atoms with van der Waals surface area (Å²) in [5.41, 5.74) is 4.29. The van der Waals surface area contributed by atoms with Crippen LogP contribution >= 0.6 is 0 Å². The first-order valence-corrected chi connectivity index (χ1v) is 9.49. The Morgan fingerprint density at radius 2 is 1.80 bits per heavy atom. The van der Waals surface area contributed by atoms with Crippen LogP contribution in [0.5, 0.6) is 0 Å². The van der Waals surface area contributed by atoms with E-state index in [1.165, 1.54) is 12.4 Å². The summed E-state index contributed by atoms with van der Waals surface area (Å²) in [6.45, 7) is 2.54. The zero-order valence-corrected chi connectivity index (χ0v) is 16.6. The fourth-order valence-corrected chi connectivity index (χ4v) is 3.06. The number of benzene rings is 2. The second-order valence-corrected chi connectivity index (χ2v) is 6.81. The number of aromatic amines is 1. The summed E-state index contributed by atoms with van der Waals surface area (Å²) in [4.78, 5) is 26.3. The van der Waals surface area contributed by atoms with Gasteiger partial charge in [0.25, 0.3) is 11.8 Å². The molecule has 4 rings (SSSR count). The number of carbonyl (C=O) groups excluding carboxylic acids is 2. The lowest BCUT2D eigenvalue weighted by atomic mass is 10.0. The van der Waals surface area contributed by atoms with Gasteiger partial charge in [0.1, 0.15) is 0 Å². The van der Waals surface area contributed by atoms with Gasteiger partial charge in [-0.1, -0.05) is 18.2 Å². The van der Waals surface area contributed by atoms with Crippen molar-refractivity contribution in [1.29, 1.82) is 0 Å². The topological polar surface area (TPSA) is 104 Å². The van der Waals surface area contributed by atoms with Gasteiger partial charge in [-0.15, -0.1) is 0 Å². The predicted molar refractivity (Wildman–Crippen MR) is 114 cm³/mol. The van der Waals surface area contributed by atoms with Gasteiger partial charge in [0.05, 0.1) is 23.5 Å². The largest absolute Gasteiger partial charge is 0.341 e. The Bertz CT molecular complexity index is 1200. The first kappa shape index (κ1) is 19.3. The summed E-state index contributed by atoms with van der Waals surface area (Å²) < 4.78 is 0. The molecule has 0 radical (unpaired) electrons. The van der Waals surface area contributed by atoms with Crippen LogP contribution in [0.25, 0.3) is 22.0 Å². The molecule has 0 spiro atoms. The van der Waals surface area contributed by atoms with Crippen LogP contribution in [0.3, 0.4) is 0 Å². The van der Waals surface area contributed by atoms with E-state index < -0.39 is 0 Å². The van der Waals surface area contributed by atoms with Crippen molar-refractivity contribution in [2.24, 2.45) is 0 Å². The molecule has 2 N–H and O–H groups in total.